The van der Waals surface area contributed by atoms with Crippen LogP contribution in [0, 0.1) is 0 Å². The minimum Gasteiger partial charge on any atom is -0.465 e. The van der Waals surface area contributed by atoms with Crippen molar-refractivity contribution in [2.24, 2.45) is 0 Å². The third kappa shape index (κ3) is 12.5. The van der Waals surface area contributed by atoms with Crippen molar-refractivity contribution in [2.75, 3.05) is 25.6 Å². The largest absolute Gasteiger partial charge is 0.465 e. The summed E-state index contributed by atoms with van der Waals surface area (Å²) >= 11 is 0. The third-order valence-corrected chi connectivity index (χ3v) is 12.4. The van der Waals surface area contributed by atoms with Crippen LogP contribution < -0.4 is 16.3 Å². The fourth-order valence-corrected chi connectivity index (χ4v) is 8.93. The van der Waals surface area contributed by atoms with E-state index in [0.29, 0.717) is 33.3 Å². The summed E-state index contributed by atoms with van der Waals surface area (Å²) in [6, 6.07) is 6.56. The van der Waals surface area contributed by atoms with Crippen molar-refractivity contribution >= 4 is 67.5 Å². The van der Waals surface area contributed by atoms with E-state index >= 15 is 0 Å². The average molecular weight is 1040 g/mol. The molecule has 2 saturated heterocycles. The molecule has 0 bridgehead atoms. The second-order valence-electron chi connectivity index (χ2n) is 16.4. The van der Waals surface area contributed by atoms with Crippen LogP contribution in [0.25, 0.3) is 0 Å². The van der Waals surface area contributed by atoms with Crippen LogP contribution in [0.2, 0.25) is 0 Å². The molecule has 72 heavy (non-hydrogen) atoms. The lowest BCUT2D eigenvalue weighted by Crippen LogP contribution is -2.83. The van der Waals surface area contributed by atoms with Crippen LogP contribution in [0.3, 0.4) is 0 Å². The number of benzene rings is 1. The molecule has 0 radical (unpaired) electrons. The quantitative estimate of drug-likeness (QED) is 0.0346. The van der Waals surface area contributed by atoms with E-state index in [-0.39, 0.29) is 5.82 Å². The van der Waals surface area contributed by atoms with Crippen molar-refractivity contribution < 1.29 is 106 Å². The van der Waals surface area contributed by atoms with Crippen LogP contribution in [0.5, 0.6) is 0 Å². The first-order valence-electron chi connectivity index (χ1n) is 21.5. The summed E-state index contributed by atoms with van der Waals surface area (Å²) < 4.78 is 51.8. The van der Waals surface area contributed by atoms with Gasteiger partial charge in [0.05, 0.1) is 32.8 Å². The molecule has 2 unspecified atom stereocenters. The number of methoxy groups -OCH3 is 1. The Morgan fingerprint density at radius 3 is 2.08 bits per heavy atom. The van der Waals surface area contributed by atoms with E-state index in [4.69, 9.17) is 42.0 Å². The molecule has 0 aliphatic carbocycles. The topological polar surface area (TPSA) is 377 Å². The average Bonchev–Trinajstić information content (AvgIpc) is 3.62. The highest BCUT2D eigenvalue weighted by Gasteiger charge is 2.74. The molecule has 2 aromatic rings. The van der Waals surface area contributed by atoms with Gasteiger partial charge in [-0.3, -0.25) is 42.7 Å². The molecule has 27 nitrogen and oxygen atoms in total. The summed E-state index contributed by atoms with van der Waals surface area (Å²) in [5.74, 6) is -14.0. The second kappa shape index (κ2) is 24.0. The van der Waals surface area contributed by atoms with E-state index < -0.39 is 159 Å². The van der Waals surface area contributed by atoms with Gasteiger partial charge >= 0.3 is 38.3 Å². The molecule has 1 aromatic heterocycles. The number of nitrogens with zero attached hydrogens (tertiary/aromatic N) is 2. The maximum atomic E-state index is 14.2. The van der Waals surface area contributed by atoms with Crippen molar-refractivity contribution in [1.82, 2.24) is 14.9 Å². The lowest BCUT2D eigenvalue weighted by molar-refractivity contribution is -0.322. The van der Waals surface area contributed by atoms with Crippen molar-refractivity contribution in [1.29, 1.82) is 0 Å². The Labute approximate surface area is 411 Å². The van der Waals surface area contributed by atoms with Crippen LogP contribution >= 0.6 is 8.60 Å². The summed E-state index contributed by atoms with van der Waals surface area (Å²) in [5, 5.41) is 52.8. The van der Waals surface area contributed by atoms with Gasteiger partial charge in [0.1, 0.15) is 24.6 Å². The van der Waals surface area contributed by atoms with Gasteiger partial charge in [0.25, 0.3) is 5.79 Å². The first-order valence-corrected chi connectivity index (χ1v) is 22.6. The van der Waals surface area contributed by atoms with Gasteiger partial charge in [-0.1, -0.05) is 36.4 Å². The van der Waals surface area contributed by atoms with Gasteiger partial charge in [-0.15, -0.1) is 6.58 Å². The molecule has 3 heterocycles. The molecule has 0 spiro atoms. The zero-order valence-corrected chi connectivity index (χ0v) is 41.0. The van der Waals surface area contributed by atoms with Gasteiger partial charge in [-0.25, -0.2) is 14.4 Å². The van der Waals surface area contributed by atoms with Crippen LogP contribution in [0.1, 0.15) is 66.7 Å². The molecular formula is C44H55N4O23P. The normalized spacial score (nSPS) is 26.2. The maximum Gasteiger partial charge on any atom is 0.407 e. The molecule has 12 atom stereocenters. The number of ketones is 4. The first kappa shape index (κ1) is 58.3. The number of carbonyl (C=O) groups is 9. The summed E-state index contributed by atoms with van der Waals surface area (Å²) in [6.45, 7) is 7.25. The fraction of sp³-hybridized carbons (Fsp3) is 0.523. The second-order valence-corrected chi connectivity index (χ2v) is 17.5. The number of carbonyl (C=O) groups excluding carboxylic acids is 9. The molecule has 2 fully saturated rings. The highest BCUT2D eigenvalue weighted by Crippen LogP contribution is 2.53. The summed E-state index contributed by atoms with van der Waals surface area (Å²) in [6.07, 6.45) is -13.2. The van der Waals surface area contributed by atoms with Gasteiger partial charge in [-0.2, -0.15) is 4.98 Å². The Bertz CT molecular complexity index is 2470. The number of alkyl carbamates (subject to hydrolysis) is 1. The number of Topliss-reactive ketones (excluding diaryl/α,β-unsaturated/α-hetero) is 4. The molecule has 28 heteroatoms. The molecule has 2 aliphatic heterocycles. The van der Waals surface area contributed by atoms with Crippen LogP contribution in [0.15, 0.2) is 60.0 Å². The smallest absolute Gasteiger partial charge is 0.407 e. The van der Waals surface area contributed by atoms with E-state index in [1.165, 1.54) is 6.07 Å². The Morgan fingerprint density at radius 1 is 0.944 bits per heavy atom. The van der Waals surface area contributed by atoms with Crippen molar-refractivity contribution in [3.63, 3.8) is 0 Å². The van der Waals surface area contributed by atoms with E-state index in [9.17, 15) is 68.4 Å². The van der Waals surface area contributed by atoms with E-state index in [0.717, 1.165) is 44.7 Å². The van der Waals surface area contributed by atoms with Crippen LogP contribution in [-0.4, -0.2) is 162 Å². The lowest BCUT2D eigenvalue weighted by Gasteiger charge is -2.56. The number of aliphatic hydroxyl groups excluding tert-OH is 1. The van der Waals surface area contributed by atoms with E-state index in [1.807, 2.05) is 0 Å². The zero-order chi connectivity index (χ0) is 54.1. The molecule has 4 rings (SSSR count). The molecule has 1 aromatic carbocycles. The van der Waals surface area contributed by atoms with Gasteiger partial charge in [0, 0.05) is 27.0 Å². The third-order valence-electron chi connectivity index (χ3n) is 11.2. The molecule has 0 saturated carbocycles. The van der Waals surface area contributed by atoms with Crippen molar-refractivity contribution in [3.05, 3.63) is 71.3 Å². The molecule has 394 valence electrons. The molecule has 6 N–H and O–H groups in total. The number of aromatic nitrogens is 2. The predicted molar refractivity (Wildman–Crippen MR) is 239 cm³/mol. The number of rotatable bonds is 23. The van der Waals surface area contributed by atoms with Gasteiger partial charge in [0.15, 0.2) is 64.5 Å². The van der Waals surface area contributed by atoms with Crippen molar-refractivity contribution in [2.45, 2.75) is 127 Å². The molecule has 2 aliphatic rings. The summed E-state index contributed by atoms with van der Waals surface area (Å²) in [5.41, 5.74) is -12.0. The Kier molecular flexibility index (Phi) is 19.4. The highest BCUT2D eigenvalue weighted by atomic mass is 31.2. The number of hydrogen-bond donors (Lipinski definition) is 6. The highest BCUT2D eigenvalue weighted by molar-refractivity contribution is 7.41. The maximum absolute atomic E-state index is 14.2. The van der Waals surface area contributed by atoms with Crippen LogP contribution in [-0.2, 0) is 87.0 Å². The fourth-order valence-electron chi connectivity index (χ4n) is 7.83. The monoisotopic (exact) mass is 1040 g/mol. The Balaban J connectivity index is 1.90. The van der Waals surface area contributed by atoms with E-state index in [1.54, 1.807) is 30.3 Å². The predicted octanol–water partition coefficient (Wildman–Crippen LogP) is -0.711. The number of hydrogen-bond acceptors (Lipinski definition) is 24. The number of esters is 3. The number of anilines is 1. The molecule has 2 amide bonds. The Hall–Kier alpha value is -6.26. The minimum absolute atomic E-state index is 0.166. The number of ether oxygens (including phenoxy) is 6. The van der Waals surface area contributed by atoms with Gasteiger partial charge < -0.3 is 68.5 Å². The number of amides is 2. The standard InChI is InChI=1S/C44H55N4O23P/c1-10-18-65-72(66-20-30-32(67-27(7)54)33(68-28(8)55)37(69-30)48-17-16-31(45-26(6)53)46-39(48)58)71-42(38(57)63-9)21-41(60,23(3)50)34(47-40(59)64-19-29-14-12-11-13-15-29)36(70-42)44(62,25(5)52)43(61,24(4)51)35(56)22(2)49/h10-17,30,32-37,56,60-62H,1,18-21H2,2-9H3,(H,47,59)(H,45,46,53,58)/t30-,32-,33-,34+,35?,36-,37-,41-,42-,43-,44+,72?/m1/s1. The van der Waals surface area contributed by atoms with Crippen molar-refractivity contribution in [3.8, 4) is 0 Å². The summed E-state index contributed by atoms with van der Waals surface area (Å²) in [4.78, 5) is 135. The van der Waals surface area contributed by atoms with Crippen LogP contribution in [0.4, 0.5) is 10.6 Å². The lowest BCUT2D eigenvalue weighted by atomic mass is 9.64. The minimum atomic E-state index is -4.07. The number of nitrogens with one attached hydrogen (secondary N) is 2. The Morgan fingerprint density at radius 2 is 1.57 bits per heavy atom. The van der Waals surface area contributed by atoms with Gasteiger partial charge in [0.2, 0.25) is 5.91 Å². The van der Waals surface area contributed by atoms with Gasteiger partial charge in [-0.05, 0) is 39.3 Å². The number of aliphatic hydroxyl groups is 4. The first-order chi connectivity index (χ1) is 33.6. The SMILES string of the molecule is C=CCOP(OC[C@H]1O[C@@H](n2ccc(NC(C)=O)nc2=O)[C@H](OC(C)=O)[C@@H]1OC(C)=O)O[C@@]1(C(=O)OC)C[C@@](O)(C(C)=O)[C@@H](NC(=O)OCc2ccccc2)[C@H]([C@@](O)(C(C)=O)[C@@](O)(C(C)=O)C(O)C(C)=O)O1. The molecular weight excluding hydrogens is 983 g/mol. The zero-order valence-electron chi connectivity index (χ0n) is 40.1. The van der Waals surface area contributed by atoms with E-state index in [2.05, 4.69) is 22.2 Å². The summed E-state index contributed by atoms with van der Waals surface area (Å²) in [7, 11) is -2.55.